The SMILES string of the molecule is N=C(N)[C@@H]1CCCCN1C(=O)CN. The van der Waals surface area contributed by atoms with Crippen LogP contribution in [0.4, 0.5) is 0 Å². The van der Waals surface area contributed by atoms with E-state index in [0.29, 0.717) is 6.54 Å². The third-order valence-electron chi connectivity index (χ3n) is 2.36. The second kappa shape index (κ2) is 4.23. The Labute approximate surface area is 77.6 Å². The predicted molar refractivity (Wildman–Crippen MR) is 50.3 cm³/mol. The Balaban J connectivity index is 2.67. The van der Waals surface area contributed by atoms with Crippen molar-refractivity contribution in [2.45, 2.75) is 25.3 Å². The van der Waals surface area contributed by atoms with Gasteiger partial charge in [-0.1, -0.05) is 0 Å². The Bertz CT molecular complexity index is 216. The summed E-state index contributed by atoms with van der Waals surface area (Å²) in [5.74, 6) is -0.0404. The molecule has 0 aromatic rings. The molecule has 1 atom stereocenters. The van der Waals surface area contributed by atoms with Gasteiger partial charge in [0.2, 0.25) is 5.91 Å². The van der Waals surface area contributed by atoms with Gasteiger partial charge in [0.25, 0.3) is 0 Å². The molecule has 1 amide bonds. The molecule has 1 fully saturated rings. The largest absolute Gasteiger partial charge is 0.386 e. The number of rotatable bonds is 2. The van der Waals surface area contributed by atoms with Crippen molar-refractivity contribution in [3.63, 3.8) is 0 Å². The molecule has 5 heteroatoms. The molecule has 0 unspecified atom stereocenters. The number of hydrogen-bond donors (Lipinski definition) is 3. The van der Waals surface area contributed by atoms with Crippen molar-refractivity contribution in [2.24, 2.45) is 11.5 Å². The summed E-state index contributed by atoms with van der Waals surface area (Å²) in [7, 11) is 0. The van der Waals surface area contributed by atoms with E-state index >= 15 is 0 Å². The Hall–Kier alpha value is -1.10. The molecule has 1 rings (SSSR count). The van der Waals surface area contributed by atoms with Crippen molar-refractivity contribution in [1.82, 2.24) is 4.90 Å². The molecule has 1 heterocycles. The van der Waals surface area contributed by atoms with Crippen molar-refractivity contribution in [2.75, 3.05) is 13.1 Å². The maximum absolute atomic E-state index is 11.3. The van der Waals surface area contributed by atoms with E-state index in [-0.39, 0.29) is 24.3 Å². The first kappa shape index (κ1) is 9.98. The first-order valence-electron chi connectivity index (χ1n) is 4.50. The van der Waals surface area contributed by atoms with Crippen LogP contribution in [0.2, 0.25) is 0 Å². The minimum atomic E-state index is -0.218. The number of carbonyl (C=O) groups is 1. The van der Waals surface area contributed by atoms with Gasteiger partial charge in [0.05, 0.1) is 12.6 Å². The lowest BCUT2D eigenvalue weighted by molar-refractivity contribution is -0.131. The molecule has 1 aliphatic rings. The van der Waals surface area contributed by atoms with Crippen molar-refractivity contribution in [1.29, 1.82) is 5.41 Å². The lowest BCUT2D eigenvalue weighted by Crippen LogP contribution is -2.51. The fraction of sp³-hybridized carbons (Fsp3) is 0.750. The molecule has 0 saturated carbocycles. The van der Waals surface area contributed by atoms with E-state index in [1.807, 2.05) is 0 Å². The van der Waals surface area contributed by atoms with Gasteiger partial charge in [-0.2, -0.15) is 0 Å². The third kappa shape index (κ3) is 2.18. The molecular weight excluding hydrogens is 168 g/mol. The van der Waals surface area contributed by atoms with Crippen LogP contribution in [0.3, 0.4) is 0 Å². The standard InChI is InChI=1S/C8H16N4O/c9-5-7(13)12-4-2-1-3-6(12)8(10)11/h6H,1-5,9H2,(H3,10,11)/t6-/m0/s1. The second-order valence-electron chi connectivity index (χ2n) is 3.26. The summed E-state index contributed by atoms with van der Waals surface area (Å²) in [4.78, 5) is 12.9. The van der Waals surface area contributed by atoms with Crippen molar-refractivity contribution < 1.29 is 4.79 Å². The van der Waals surface area contributed by atoms with Gasteiger partial charge in [-0.05, 0) is 19.3 Å². The summed E-state index contributed by atoms with van der Waals surface area (Å²) >= 11 is 0. The lowest BCUT2D eigenvalue weighted by Gasteiger charge is -2.34. The van der Waals surface area contributed by atoms with Crippen LogP contribution in [0.5, 0.6) is 0 Å². The molecule has 0 radical (unpaired) electrons. The maximum Gasteiger partial charge on any atom is 0.236 e. The molecule has 0 bridgehead atoms. The van der Waals surface area contributed by atoms with Gasteiger partial charge in [0, 0.05) is 6.54 Å². The topological polar surface area (TPSA) is 96.2 Å². The summed E-state index contributed by atoms with van der Waals surface area (Å²) in [6, 6.07) is -0.218. The molecule has 0 aliphatic carbocycles. The zero-order valence-electron chi connectivity index (χ0n) is 7.62. The molecule has 0 spiro atoms. The quantitative estimate of drug-likeness (QED) is 0.389. The van der Waals surface area contributed by atoms with E-state index in [1.54, 1.807) is 4.90 Å². The van der Waals surface area contributed by atoms with Gasteiger partial charge in [-0.25, -0.2) is 0 Å². The molecule has 0 aromatic heterocycles. The van der Waals surface area contributed by atoms with Crippen LogP contribution < -0.4 is 11.5 Å². The lowest BCUT2D eigenvalue weighted by atomic mass is 10.0. The Morgan fingerprint density at radius 1 is 1.54 bits per heavy atom. The number of amidine groups is 1. The van der Waals surface area contributed by atoms with Gasteiger partial charge in [0.15, 0.2) is 0 Å². The molecule has 1 aliphatic heterocycles. The average molecular weight is 184 g/mol. The molecular formula is C8H16N4O. The maximum atomic E-state index is 11.3. The van der Waals surface area contributed by atoms with E-state index in [4.69, 9.17) is 16.9 Å². The summed E-state index contributed by atoms with van der Waals surface area (Å²) < 4.78 is 0. The summed E-state index contributed by atoms with van der Waals surface area (Å²) in [6.45, 7) is 0.685. The Morgan fingerprint density at radius 3 is 2.77 bits per heavy atom. The highest BCUT2D eigenvalue weighted by Gasteiger charge is 2.27. The van der Waals surface area contributed by atoms with Crippen LogP contribution in [-0.4, -0.2) is 35.8 Å². The zero-order chi connectivity index (χ0) is 9.84. The van der Waals surface area contributed by atoms with Gasteiger partial charge in [0.1, 0.15) is 5.84 Å². The Kier molecular flexibility index (Phi) is 3.25. The molecule has 1 saturated heterocycles. The molecule has 5 N–H and O–H groups in total. The smallest absolute Gasteiger partial charge is 0.236 e. The summed E-state index contributed by atoms with van der Waals surface area (Å²) in [5.41, 5.74) is 10.7. The second-order valence-corrected chi connectivity index (χ2v) is 3.26. The van der Waals surface area contributed by atoms with Gasteiger partial charge in [-0.15, -0.1) is 0 Å². The monoisotopic (exact) mass is 184 g/mol. The van der Waals surface area contributed by atoms with Crippen LogP contribution in [-0.2, 0) is 4.79 Å². The van der Waals surface area contributed by atoms with Crippen LogP contribution in [0.15, 0.2) is 0 Å². The highest BCUT2D eigenvalue weighted by Crippen LogP contribution is 2.16. The molecule has 13 heavy (non-hydrogen) atoms. The zero-order valence-corrected chi connectivity index (χ0v) is 7.62. The van der Waals surface area contributed by atoms with E-state index in [1.165, 1.54) is 0 Å². The van der Waals surface area contributed by atoms with Gasteiger partial charge in [-0.3, -0.25) is 10.2 Å². The first-order valence-corrected chi connectivity index (χ1v) is 4.50. The molecule has 0 aromatic carbocycles. The van der Waals surface area contributed by atoms with E-state index in [0.717, 1.165) is 19.3 Å². The highest BCUT2D eigenvalue weighted by atomic mass is 16.2. The fourth-order valence-corrected chi connectivity index (χ4v) is 1.67. The predicted octanol–water partition coefficient (Wildman–Crippen LogP) is -0.738. The summed E-state index contributed by atoms with van der Waals surface area (Å²) in [5, 5.41) is 7.33. The van der Waals surface area contributed by atoms with Crippen molar-refractivity contribution in [3.8, 4) is 0 Å². The number of nitrogens with one attached hydrogen (secondary N) is 1. The molecule has 74 valence electrons. The van der Waals surface area contributed by atoms with Crippen LogP contribution in [0, 0.1) is 5.41 Å². The number of nitrogens with two attached hydrogens (primary N) is 2. The number of carbonyl (C=O) groups excluding carboxylic acids is 1. The van der Waals surface area contributed by atoms with Gasteiger partial charge >= 0.3 is 0 Å². The average Bonchev–Trinajstić information content (AvgIpc) is 2.16. The van der Waals surface area contributed by atoms with E-state index in [2.05, 4.69) is 0 Å². The van der Waals surface area contributed by atoms with Crippen LogP contribution in [0.25, 0.3) is 0 Å². The third-order valence-corrected chi connectivity index (χ3v) is 2.36. The number of likely N-dealkylation sites (tertiary alicyclic amines) is 1. The number of hydrogen-bond acceptors (Lipinski definition) is 3. The van der Waals surface area contributed by atoms with E-state index in [9.17, 15) is 4.79 Å². The minimum Gasteiger partial charge on any atom is -0.386 e. The van der Waals surface area contributed by atoms with E-state index < -0.39 is 0 Å². The number of nitrogens with zero attached hydrogens (tertiary/aromatic N) is 1. The normalized spacial score (nSPS) is 22.8. The van der Waals surface area contributed by atoms with Crippen LogP contribution >= 0.6 is 0 Å². The fourth-order valence-electron chi connectivity index (χ4n) is 1.67. The molecule has 5 nitrogen and oxygen atoms in total. The number of piperidine rings is 1. The summed E-state index contributed by atoms with van der Waals surface area (Å²) in [6.07, 6.45) is 2.80. The highest BCUT2D eigenvalue weighted by molar-refractivity contribution is 5.89. The van der Waals surface area contributed by atoms with Crippen molar-refractivity contribution >= 4 is 11.7 Å². The van der Waals surface area contributed by atoms with Crippen LogP contribution in [0.1, 0.15) is 19.3 Å². The Morgan fingerprint density at radius 2 is 2.23 bits per heavy atom. The van der Waals surface area contributed by atoms with Gasteiger partial charge < -0.3 is 16.4 Å². The van der Waals surface area contributed by atoms with Crippen molar-refractivity contribution in [3.05, 3.63) is 0 Å². The minimum absolute atomic E-state index is 0.00375. The number of amides is 1. The first-order chi connectivity index (χ1) is 6.16.